The fourth-order valence-corrected chi connectivity index (χ4v) is 3.38. The van der Waals surface area contributed by atoms with Crippen LogP contribution in [0.15, 0.2) is 12.5 Å². The van der Waals surface area contributed by atoms with Gasteiger partial charge in [0.15, 0.2) is 0 Å². The predicted octanol–water partition coefficient (Wildman–Crippen LogP) is 2.79. The zero-order valence-corrected chi connectivity index (χ0v) is 12.0. The van der Waals surface area contributed by atoms with Crippen molar-refractivity contribution in [1.82, 2.24) is 14.9 Å². The minimum absolute atomic E-state index is 0.00601. The largest absolute Gasteiger partial charge is 0.330 e. The van der Waals surface area contributed by atoms with E-state index in [1.54, 1.807) is 0 Å². The van der Waals surface area contributed by atoms with Gasteiger partial charge in [-0.15, -0.1) is 0 Å². The topological polar surface area (TPSA) is 29.9 Å². The number of hydrogen-bond donors (Lipinski definition) is 1. The zero-order chi connectivity index (χ0) is 12.5. The minimum Gasteiger partial charge on any atom is -0.330 e. The molecule has 4 heteroatoms. The van der Waals surface area contributed by atoms with Crippen LogP contribution in [0.4, 0.5) is 0 Å². The molecule has 2 rings (SSSR count). The number of nitrogens with zero attached hydrogens (tertiary/aromatic N) is 2. The number of hydrogen-bond acceptors (Lipinski definition) is 3. The third kappa shape index (κ3) is 2.52. The van der Waals surface area contributed by atoms with Gasteiger partial charge in [-0.1, -0.05) is 0 Å². The smallest absolute Gasteiger partial charge is 0.0951 e. The van der Waals surface area contributed by atoms with Gasteiger partial charge in [-0.2, -0.15) is 11.8 Å². The third-order valence-corrected chi connectivity index (χ3v) is 5.11. The summed E-state index contributed by atoms with van der Waals surface area (Å²) in [6.45, 7) is 4.42. The molecule has 96 valence electrons. The molecule has 0 aliphatic heterocycles. The molecule has 1 saturated carbocycles. The first kappa shape index (κ1) is 13.0. The van der Waals surface area contributed by atoms with Gasteiger partial charge in [-0.25, -0.2) is 4.98 Å². The fourth-order valence-electron chi connectivity index (χ4n) is 2.59. The molecule has 2 unspecified atom stereocenters. The Morgan fingerprint density at radius 2 is 2.24 bits per heavy atom. The maximum absolute atomic E-state index is 4.35. The van der Waals surface area contributed by atoms with Crippen LogP contribution in [0.5, 0.6) is 0 Å². The van der Waals surface area contributed by atoms with Crippen molar-refractivity contribution in [3.8, 4) is 0 Å². The van der Waals surface area contributed by atoms with Crippen molar-refractivity contribution in [3.05, 3.63) is 18.2 Å². The summed E-state index contributed by atoms with van der Waals surface area (Å²) in [5.41, 5.74) is 1.29. The quantitative estimate of drug-likeness (QED) is 0.895. The van der Waals surface area contributed by atoms with Crippen LogP contribution in [0.1, 0.15) is 44.8 Å². The summed E-state index contributed by atoms with van der Waals surface area (Å²) in [5.74, 6) is 0. The van der Waals surface area contributed by atoms with E-state index in [4.69, 9.17) is 0 Å². The highest BCUT2D eigenvalue weighted by Gasteiger charge is 2.30. The lowest BCUT2D eigenvalue weighted by molar-refractivity contribution is 0.383. The molecule has 3 nitrogen and oxygen atoms in total. The summed E-state index contributed by atoms with van der Waals surface area (Å²) in [4.78, 5) is 4.35. The maximum Gasteiger partial charge on any atom is 0.0951 e. The average Bonchev–Trinajstić information content (AvgIpc) is 2.97. The van der Waals surface area contributed by atoms with Crippen molar-refractivity contribution >= 4 is 11.8 Å². The van der Waals surface area contributed by atoms with E-state index in [0.29, 0.717) is 6.04 Å². The second kappa shape index (κ2) is 5.02. The molecule has 1 fully saturated rings. The Labute approximate surface area is 108 Å². The molecule has 1 heterocycles. The molecule has 0 saturated heterocycles. The van der Waals surface area contributed by atoms with Crippen LogP contribution in [-0.2, 0) is 5.54 Å². The molecular weight excluding hydrogens is 230 g/mol. The average molecular weight is 253 g/mol. The van der Waals surface area contributed by atoms with E-state index >= 15 is 0 Å². The Morgan fingerprint density at radius 1 is 1.47 bits per heavy atom. The van der Waals surface area contributed by atoms with Crippen LogP contribution in [0, 0.1) is 0 Å². The molecule has 0 radical (unpaired) electrons. The molecule has 17 heavy (non-hydrogen) atoms. The normalized spacial score (nSPS) is 25.4. The Kier molecular flexibility index (Phi) is 3.83. The van der Waals surface area contributed by atoms with E-state index in [9.17, 15) is 0 Å². The summed E-state index contributed by atoms with van der Waals surface area (Å²) in [5, 5.41) is 4.19. The lowest BCUT2D eigenvalue weighted by Gasteiger charge is -2.28. The fraction of sp³-hybridized carbons (Fsp3) is 0.769. The van der Waals surface area contributed by atoms with Crippen LogP contribution < -0.4 is 5.32 Å². The summed E-state index contributed by atoms with van der Waals surface area (Å²) < 4.78 is 2.38. The van der Waals surface area contributed by atoms with Crippen molar-refractivity contribution < 1.29 is 0 Å². The lowest BCUT2D eigenvalue weighted by atomic mass is 10.0. The van der Waals surface area contributed by atoms with E-state index in [2.05, 4.69) is 35.0 Å². The van der Waals surface area contributed by atoms with Crippen LogP contribution in [0.3, 0.4) is 0 Å². The van der Waals surface area contributed by atoms with Gasteiger partial charge in [-0.05, 0) is 46.4 Å². The first-order valence-electron chi connectivity index (χ1n) is 6.32. The van der Waals surface area contributed by atoms with Crippen molar-refractivity contribution in [2.45, 2.75) is 49.9 Å². The molecule has 1 aliphatic carbocycles. The van der Waals surface area contributed by atoms with Crippen LogP contribution in [0.25, 0.3) is 0 Å². The van der Waals surface area contributed by atoms with Crippen molar-refractivity contribution in [2.24, 2.45) is 0 Å². The monoisotopic (exact) mass is 253 g/mol. The van der Waals surface area contributed by atoms with E-state index in [1.165, 1.54) is 25.0 Å². The number of thioether (sulfide) groups is 1. The highest BCUT2D eigenvalue weighted by Crippen LogP contribution is 2.37. The van der Waals surface area contributed by atoms with Crippen LogP contribution in [0.2, 0.25) is 0 Å². The zero-order valence-electron chi connectivity index (χ0n) is 11.2. The summed E-state index contributed by atoms with van der Waals surface area (Å²) in [7, 11) is 2.01. The van der Waals surface area contributed by atoms with Crippen molar-refractivity contribution in [2.75, 3.05) is 13.3 Å². The van der Waals surface area contributed by atoms with E-state index < -0.39 is 0 Å². The Balaban J connectivity index is 2.20. The number of aromatic nitrogens is 2. The third-order valence-electron chi connectivity index (χ3n) is 4.01. The maximum atomic E-state index is 4.35. The summed E-state index contributed by atoms with van der Waals surface area (Å²) >= 11 is 2.00. The highest BCUT2D eigenvalue weighted by atomic mass is 32.2. The number of imidazole rings is 1. The van der Waals surface area contributed by atoms with E-state index in [0.717, 1.165) is 5.25 Å². The lowest BCUT2D eigenvalue weighted by Crippen LogP contribution is -2.35. The molecule has 1 aliphatic rings. The standard InChI is InChI=1S/C13H23N3S/c1-13(2,14-3)12-8-15-9-16(12)10-5-6-11(7-10)17-4/h8-11,14H,5-7H2,1-4H3. The van der Waals surface area contributed by atoms with Crippen molar-refractivity contribution in [1.29, 1.82) is 0 Å². The van der Waals surface area contributed by atoms with Gasteiger partial charge < -0.3 is 9.88 Å². The molecule has 0 amide bonds. The molecule has 1 aromatic heterocycles. The van der Waals surface area contributed by atoms with Gasteiger partial charge in [0.2, 0.25) is 0 Å². The number of rotatable bonds is 4. The van der Waals surface area contributed by atoms with Gasteiger partial charge in [0.1, 0.15) is 0 Å². The Morgan fingerprint density at radius 3 is 2.82 bits per heavy atom. The predicted molar refractivity (Wildman–Crippen MR) is 74.5 cm³/mol. The van der Waals surface area contributed by atoms with Gasteiger partial charge in [0.25, 0.3) is 0 Å². The molecule has 1 aromatic rings. The molecule has 0 bridgehead atoms. The highest BCUT2D eigenvalue weighted by molar-refractivity contribution is 7.99. The summed E-state index contributed by atoms with van der Waals surface area (Å²) in [6.07, 6.45) is 10.1. The molecular formula is C13H23N3S. The second-order valence-electron chi connectivity index (χ2n) is 5.39. The van der Waals surface area contributed by atoms with Crippen LogP contribution in [-0.4, -0.2) is 28.1 Å². The van der Waals surface area contributed by atoms with Gasteiger partial charge in [0.05, 0.1) is 23.8 Å². The number of nitrogens with one attached hydrogen (secondary N) is 1. The van der Waals surface area contributed by atoms with Gasteiger partial charge in [-0.3, -0.25) is 0 Å². The SMILES string of the molecule is CNC(C)(C)c1cncn1C1CCC(SC)C1. The molecule has 1 N–H and O–H groups in total. The minimum atomic E-state index is -0.00601. The van der Waals surface area contributed by atoms with Crippen LogP contribution >= 0.6 is 11.8 Å². The molecule has 0 aromatic carbocycles. The first-order chi connectivity index (χ1) is 8.08. The Bertz CT molecular complexity index is 372. The van der Waals surface area contributed by atoms with Crippen molar-refractivity contribution in [3.63, 3.8) is 0 Å². The molecule has 2 atom stereocenters. The first-order valence-corrected chi connectivity index (χ1v) is 7.61. The van der Waals surface area contributed by atoms with Gasteiger partial charge in [0, 0.05) is 11.3 Å². The molecule has 0 spiro atoms. The van der Waals surface area contributed by atoms with E-state index in [-0.39, 0.29) is 5.54 Å². The second-order valence-corrected chi connectivity index (χ2v) is 6.52. The Hall–Kier alpha value is -0.480. The van der Waals surface area contributed by atoms with E-state index in [1.807, 2.05) is 31.3 Å². The van der Waals surface area contributed by atoms with Gasteiger partial charge >= 0.3 is 0 Å². The summed E-state index contributed by atoms with van der Waals surface area (Å²) in [6, 6.07) is 0.637.